The molecule has 0 aliphatic heterocycles. The van der Waals surface area contributed by atoms with Crippen LogP contribution in [-0.4, -0.2) is 10.9 Å². The molecular formula is C13H12O3. The Balaban J connectivity index is 1.98. The van der Waals surface area contributed by atoms with Crippen LogP contribution in [0.5, 0.6) is 5.75 Å². The highest BCUT2D eigenvalue weighted by atomic mass is 16.3. The third-order valence-corrected chi connectivity index (χ3v) is 2.41. The van der Waals surface area contributed by atoms with Gasteiger partial charge in [-0.2, -0.15) is 0 Å². The van der Waals surface area contributed by atoms with Crippen LogP contribution < -0.4 is 0 Å². The topological polar surface area (TPSA) is 50.4 Å². The van der Waals surface area contributed by atoms with Crippen molar-refractivity contribution in [1.82, 2.24) is 0 Å². The summed E-state index contributed by atoms with van der Waals surface area (Å²) in [6.45, 7) is 0. The molecule has 3 nitrogen and oxygen atoms in total. The molecule has 1 heterocycles. The van der Waals surface area contributed by atoms with Crippen molar-refractivity contribution in [3.8, 4) is 5.75 Å². The Morgan fingerprint density at radius 2 is 2.00 bits per heavy atom. The van der Waals surface area contributed by atoms with Crippen molar-refractivity contribution < 1.29 is 14.3 Å². The maximum Gasteiger partial charge on any atom is 0.198 e. The predicted octanol–water partition coefficient (Wildman–Crippen LogP) is 2.80. The van der Waals surface area contributed by atoms with Gasteiger partial charge in [0.2, 0.25) is 0 Å². The molecule has 0 saturated carbocycles. The van der Waals surface area contributed by atoms with Gasteiger partial charge in [0, 0.05) is 6.42 Å². The Morgan fingerprint density at radius 3 is 2.69 bits per heavy atom. The van der Waals surface area contributed by atoms with E-state index in [0.29, 0.717) is 18.6 Å². The van der Waals surface area contributed by atoms with Crippen molar-refractivity contribution in [2.45, 2.75) is 12.8 Å². The van der Waals surface area contributed by atoms with Crippen LogP contribution in [0.3, 0.4) is 0 Å². The number of Topliss-reactive ketones (excluding diaryl/α,β-unsaturated/α-hetero) is 1. The van der Waals surface area contributed by atoms with Gasteiger partial charge >= 0.3 is 0 Å². The number of aryl methyl sites for hydroxylation is 1. The van der Waals surface area contributed by atoms with Crippen LogP contribution in [0.4, 0.5) is 0 Å². The number of phenols is 1. The molecule has 0 bridgehead atoms. The summed E-state index contributed by atoms with van der Waals surface area (Å²) >= 11 is 0. The van der Waals surface area contributed by atoms with Crippen molar-refractivity contribution >= 4 is 5.78 Å². The lowest BCUT2D eigenvalue weighted by atomic mass is 10.1. The molecule has 0 fully saturated rings. The summed E-state index contributed by atoms with van der Waals surface area (Å²) in [5, 5.41) is 9.52. The fourth-order valence-electron chi connectivity index (χ4n) is 1.53. The number of hydrogen-bond donors (Lipinski definition) is 1. The maximum absolute atomic E-state index is 11.6. The highest BCUT2D eigenvalue weighted by molar-refractivity contribution is 5.93. The van der Waals surface area contributed by atoms with Crippen LogP contribution >= 0.6 is 0 Å². The Kier molecular flexibility index (Phi) is 3.05. The number of carbonyl (C=O) groups excluding carboxylic acids is 1. The Morgan fingerprint density at radius 1 is 1.19 bits per heavy atom. The molecule has 1 N–H and O–H groups in total. The van der Waals surface area contributed by atoms with Crippen molar-refractivity contribution in [3.05, 3.63) is 54.0 Å². The average Bonchev–Trinajstić information content (AvgIpc) is 2.81. The molecule has 1 aromatic carbocycles. The molecule has 0 unspecified atom stereocenters. The van der Waals surface area contributed by atoms with Crippen molar-refractivity contribution in [3.63, 3.8) is 0 Å². The number of ketones is 1. The molecule has 0 radical (unpaired) electrons. The largest absolute Gasteiger partial charge is 0.508 e. The first-order chi connectivity index (χ1) is 7.77. The summed E-state index contributed by atoms with van der Waals surface area (Å²) in [6, 6.07) is 10.4. The molecule has 0 spiro atoms. The minimum absolute atomic E-state index is 0.0479. The summed E-state index contributed by atoms with van der Waals surface area (Å²) in [4.78, 5) is 11.6. The Labute approximate surface area is 93.3 Å². The third kappa shape index (κ3) is 2.31. The number of benzene rings is 1. The molecular weight excluding hydrogens is 204 g/mol. The summed E-state index contributed by atoms with van der Waals surface area (Å²) < 4.78 is 5.00. The van der Waals surface area contributed by atoms with Crippen LogP contribution in [0.15, 0.2) is 47.1 Å². The minimum atomic E-state index is -0.0479. The van der Waals surface area contributed by atoms with Gasteiger partial charge in [-0.1, -0.05) is 18.2 Å². The van der Waals surface area contributed by atoms with Crippen molar-refractivity contribution in [1.29, 1.82) is 0 Å². The molecule has 0 saturated heterocycles. The zero-order valence-electron chi connectivity index (χ0n) is 8.72. The van der Waals surface area contributed by atoms with E-state index in [4.69, 9.17) is 4.42 Å². The zero-order chi connectivity index (χ0) is 11.4. The van der Waals surface area contributed by atoms with E-state index in [2.05, 4.69) is 0 Å². The number of carbonyl (C=O) groups is 1. The molecule has 2 rings (SSSR count). The van der Waals surface area contributed by atoms with E-state index in [9.17, 15) is 9.90 Å². The van der Waals surface area contributed by atoms with Crippen LogP contribution in [0.1, 0.15) is 22.5 Å². The lowest BCUT2D eigenvalue weighted by Crippen LogP contribution is -1.99. The monoisotopic (exact) mass is 216 g/mol. The number of aromatic hydroxyl groups is 1. The first-order valence-electron chi connectivity index (χ1n) is 5.11. The SMILES string of the molecule is O=C(CCc1ccccc1O)c1ccco1. The second kappa shape index (κ2) is 4.66. The van der Waals surface area contributed by atoms with Gasteiger partial charge in [-0.25, -0.2) is 0 Å². The smallest absolute Gasteiger partial charge is 0.198 e. The van der Waals surface area contributed by atoms with Crippen LogP contribution in [0, 0.1) is 0 Å². The van der Waals surface area contributed by atoms with E-state index >= 15 is 0 Å². The number of hydrogen-bond acceptors (Lipinski definition) is 3. The number of para-hydroxylation sites is 1. The molecule has 16 heavy (non-hydrogen) atoms. The Bertz CT molecular complexity index is 472. The van der Waals surface area contributed by atoms with Gasteiger partial charge in [0.1, 0.15) is 5.75 Å². The molecule has 2 aromatic rings. The summed E-state index contributed by atoms with van der Waals surface area (Å²) in [5.41, 5.74) is 0.780. The van der Waals surface area contributed by atoms with Crippen LogP contribution in [0.25, 0.3) is 0 Å². The standard InChI is InChI=1S/C13H12O3/c14-11-5-2-1-4-10(11)7-8-12(15)13-6-3-9-16-13/h1-6,9,14H,7-8H2. The molecule has 1 aromatic heterocycles. The number of furan rings is 1. The molecule has 0 amide bonds. The third-order valence-electron chi connectivity index (χ3n) is 2.41. The quantitative estimate of drug-likeness (QED) is 0.799. The van der Waals surface area contributed by atoms with Gasteiger partial charge in [-0.05, 0) is 30.2 Å². The van der Waals surface area contributed by atoms with E-state index in [1.807, 2.05) is 12.1 Å². The van der Waals surface area contributed by atoms with Gasteiger partial charge in [0.05, 0.1) is 6.26 Å². The maximum atomic E-state index is 11.6. The van der Waals surface area contributed by atoms with Gasteiger partial charge in [0.15, 0.2) is 11.5 Å². The normalized spacial score (nSPS) is 10.2. The minimum Gasteiger partial charge on any atom is -0.508 e. The first-order valence-corrected chi connectivity index (χ1v) is 5.11. The first kappa shape index (κ1) is 10.5. The Hall–Kier alpha value is -2.03. The van der Waals surface area contributed by atoms with E-state index < -0.39 is 0 Å². The fraction of sp³-hybridized carbons (Fsp3) is 0.154. The van der Waals surface area contributed by atoms with Gasteiger partial charge in [0.25, 0.3) is 0 Å². The van der Waals surface area contributed by atoms with Gasteiger partial charge in [-0.15, -0.1) is 0 Å². The molecule has 3 heteroatoms. The van der Waals surface area contributed by atoms with Crippen molar-refractivity contribution in [2.24, 2.45) is 0 Å². The second-order valence-electron chi connectivity index (χ2n) is 3.53. The van der Waals surface area contributed by atoms with E-state index in [1.165, 1.54) is 6.26 Å². The van der Waals surface area contributed by atoms with Crippen molar-refractivity contribution in [2.75, 3.05) is 0 Å². The fourth-order valence-corrected chi connectivity index (χ4v) is 1.53. The van der Waals surface area contributed by atoms with Crippen LogP contribution in [-0.2, 0) is 6.42 Å². The summed E-state index contributed by atoms with van der Waals surface area (Å²) in [5.74, 6) is 0.554. The lowest BCUT2D eigenvalue weighted by molar-refractivity contribution is 0.0956. The predicted molar refractivity (Wildman–Crippen MR) is 59.5 cm³/mol. The highest BCUT2D eigenvalue weighted by Gasteiger charge is 2.09. The average molecular weight is 216 g/mol. The zero-order valence-corrected chi connectivity index (χ0v) is 8.72. The summed E-state index contributed by atoms with van der Waals surface area (Å²) in [6.07, 6.45) is 2.34. The number of rotatable bonds is 4. The number of phenolic OH excluding ortho intramolecular Hbond substituents is 1. The second-order valence-corrected chi connectivity index (χ2v) is 3.53. The van der Waals surface area contributed by atoms with E-state index in [1.54, 1.807) is 24.3 Å². The summed E-state index contributed by atoms with van der Waals surface area (Å²) in [7, 11) is 0. The van der Waals surface area contributed by atoms with E-state index in [-0.39, 0.29) is 11.5 Å². The molecule has 82 valence electrons. The van der Waals surface area contributed by atoms with Gasteiger partial charge < -0.3 is 9.52 Å². The molecule has 0 atom stereocenters. The van der Waals surface area contributed by atoms with E-state index in [0.717, 1.165) is 5.56 Å². The molecule has 0 aliphatic carbocycles. The van der Waals surface area contributed by atoms with Gasteiger partial charge in [-0.3, -0.25) is 4.79 Å². The molecule has 0 aliphatic rings. The lowest BCUT2D eigenvalue weighted by Gasteiger charge is -2.02. The van der Waals surface area contributed by atoms with Crippen LogP contribution in [0.2, 0.25) is 0 Å². The highest BCUT2D eigenvalue weighted by Crippen LogP contribution is 2.18.